The van der Waals surface area contributed by atoms with Gasteiger partial charge in [-0.05, 0) is 25.3 Å². The van der Waals surface area contributed by atoms with Crippen LogP contribution < -0.4 is 0 Å². The molecule has 0 saturated carbocycles. The first-order chi connectivity index (χ1) is 6.35. The third kappa shape index (κ3) is 2.29. The molecule has 1 aliphatic rings. The van der Waals surface area contributed by atoms with E-state index in [-0.39, 0.29) is 0 Å². The van der Waals surface area contributed by atoms with Gasteiger partial charge in [0, 0.05) is 19.1 Å². The Bertz CT molecular complexity index is 187. The van der Waals surface area contributed by atoms with Crippen LogP contribution in [0.3, 0.4) is 0 Å². The summed E-state index contributed by atoms with van der Waals surface area (Å²) in [6, 6.07) is 0.674. The van der Waals surface area contributed by atoms with Gasteiger partial charge in [-0.2, -0.15) is 0 Å². The number of likely N-dealkylation sites (N-methyl/N-ethyl adjacent to an activating group) is 1. The Labute approximate surface area is 89.3 Å². The maximum atomic E-state index is 2.60. The largest absolute Gasteiger partial charge is 0.292 e. The fraction of sp³-hybridized carbons (Fsp3) is 1.00. The first-order valence-corrected chi connectivity index (χ1v) is 5.78. The highest BCUT2D eigenvalue weighted by atomic mass is 15.4. The minimum atomic E-state index is 0.408. The van der Waals surface area contributed by atoms with Crippen LogP contribution in [0.2, 0.25) is 0 Å². The molecule has 0 spiro atoms. The van der Waals surface area contributed by atoms with Crippen LogP contribution in [0.1, 0.15) is 34.6 Å². The van der Waals surface area contributed by atoms with E-state index in [2.05, 4.69) is 51.5 Å². The highest BCUT2D eigenvalue weighted by Crippen LogP contribution is 2.33. The van der Waals surface area contributed by atoms with Crippen LogP contribution in [0.15, 0.2) is 0 Å². The topological polar surface area (TPSA) is 6.48 Å². The van der Waals surface area contributed by atoms with Crippen molar-refractivity contribution in [3.63, 3.8) is 0 Å². The molecule has 0 aliphatic carbocycles. The standard InChI is InChI=1S/C12H26N2/c1-10(2)12(4,5)11(3)14-8-7-13(6)9-14/h10-11H,7-9H2,1-6H3. The van der Waals surface area contributed by atoms with E-state index in [9.17, 15) is 0 Å². The molecular formula is C12H26N2. The minimum Gasteiger partial charge on any atom is -0.292 e. The fourth-order valence-electron chi connectivity index (χ4n) is 2.02. The van der Waals surface area contributed by atoms with Crippen molar-refractivity contribution in [1.29, 1.82) is 0 Å². The Kier molecular flexibility index (Phi) is 3.59. The van der Waals surface area contributed by atoms with Crippen LogP contribution in [-0.2, 0) is 0 Å². The van der Waals surface area contributed by atoms with E-state index in [1.54, 1.807) is 0 Å². The normalized spacial score (nSPS) is 23.4. The summed E-state index contributed by atoms with van der Waals surface area (Å²) in [4.78, 5) is 4.99. The van der Waals surface area contributed by atoms with Crippen molar-refractivity contribution in [2.75, 3.05) is 26.8 Å². The molecule has 84 valence electrons. The second kappa shape index (κ2) is 4.19. The highest BCUT2D eigenvalue weighted by molar-refractivity contribution is 4.87. The SMILES string of the molecule is CC(C)C(C)(C)C(C)N1CCN(C)C1. The lowest BCUT2D eigenvalue weighted by atomic mass is 9.75. The first kappa shape index (κ1) is 12.0. The summed E-state index contributed by atoms with van der Waals surface area (Å²) in [6.07, 6.45) is 0. The molecule has 14 heavy (non-hydrogen) atoms. The Balaban J connectivity index is 2.60. The lowest BCUT2D eigenvalue weighted by Gasteiger charge is -2.41. The van der Waals surface area contributed by atoms with Crippen molar-refractivity contribution in [1.82, 2.24) is 9.80 Å². The van der Waals surface area contributed by atoms with Crippen molar-refractivity contribution >= 4 is 0 Å². The molecule has 0 N–H and O–H groups in total. The summed E-state index contributed by atoms with van der Waals surface area (Å²) in [5, 5.41) is 0. The van der Waals surface area contributed by atoms with Crippen molar-refractivity contribution in [2.45, 2.75) is 40.7 Å². The van der Waals surface area contributed by atoms with Crippen LogP contribution in [0.4, 0.5) is 0 Å². The molecule has 1 heterocycles. The third-order valence-electron chi connectivity index (χ3n) is 4.30. The fourth-order valence-corrected chi connectivity index (χ4v) is 2.02. The van der Waals surface area contributed by atoms with Gasteiger partial charge < -0.3 is 0 Å². The maximum absolute atomic E-state index is 2.60. The Morgan fingerprint density at radius 3 is 2.00 bits per heavy atom. The zero-order chi connectivity index (χ0) is 10.9. The lowest BCUT2D eigenvalue weighted by molar-refractivity contribution is 0.0718. The summed E-state index contributed by atoms with van der Waals surface area (Å²) in [5.74, 6) is 0.739. The average molecular weight is 198 g/mol. The van der Waals surface area contributed by atoms with Crippen LogP contribution in [0, 0.1) is 11.3 Å². The summed E-state index contributed by atoms with van der Waals surface area (Å²) in [7, 11) is 2.20. The third-order valence-corrected chi connectivity index (χ3v) is 4.30. The summed E-state index contributed by atoms with van der Waals surface area (Å²) in [6.45, 7) is 15.4. The molecule has 1 unspecified atom stereocenters. The maximum Gasteiger partial charge on any atom is 0.0507 e. The van der Waals surface area contributed by atoms with Crippen LogP contribution in [-0.4, -0.2) is 42.6 Å². The van der Waals surface area contributed by atoms with E-state index in [0.29, 0.717) is 11.5 Å². The number of nitrogens with zero attached hydrogens (tertiary/aromatic N) is 2. The highest BCUT2D eigenvalue weighted by Gasteiger charge is 2.35. The summed E-state index contributed by atoms with van der Waals surface area (Å²) >= 11 is 0. The van der Waals surface area contributed by atoms with Crippen LogP contribution in [0.5, 0.6) is 0 Å². The minimum absolute atomic E-state index is 0.408. The Hall–Kier alpha value is -0.0800. The zero-order valence-electron chi connectivity index (χ0n) is 10.7. The molecular weight excluding hydrogens is 172 g/mol. The molecule has 1 atom stereocenters. The van der Waals surface area contributed by atoms with Gasteiger partial charge in [0.15, 0.2) is 0 Å². The summed E-state index contributed by atoms with van der Waals surface area (Å²) < 4.78 is 0. The Morgan fingerprint density at radius 1 is 1.07 bits per heavy atom. The molecule has 2 nitrogen and oxygen atoms in total. The number of hydrogen-bond acceptors (Lipinski definition) is 2. The van der Waals surface area contributed by atoms with Gasteiger partial charge >= 0.3 is 0 Å². The molecule has 1 rings (SSSR count). The second-order valence-corrected chi connectivity index (χ2v) is 5.69. The van der Waals surface area contributed by atoms with Gasteiger partial charge in [0.25, 0.3) is 0 Å². The van der Waals surface area contributed by atoms with E-state index in [1.807, 2.05) is 0 Å². The van der Waals surface area contributed by atoms with E-state index >= 15 is 0 Å². The van der Waals surface area contributed by atoms with E-state index in [4.69, 9.17) is 0 Å². The molecule has 1 saturated heterocycles. The first-order valence-electron chi connectivity index (χ1n) is 5.78. The van der Waals surface area contributed by atoms with Gasteiger partial charge in [-0.15, -0.1) is 0 Å². The van der Waals surface area contributed by atoms with E-state index in [0.717, 1.165) is 12.6 Å². The molecule has 0 aromatic rings. The monoisotopic (exact) mass is 198 g/mol. The van der Waals surface area contributed by atoms with Crippen LogP contribution >= 0.6 is 0 Å². The van der Waals surface area contributed by atoms with Gasteiger partial charge in [-0.1, -0.05) is 27.7 Å². The second-order valence-electron chi connectivity index (χ2n) is 5.69. The molecule has 0 aromatic heterocycles. The van der Waals surface area contributed by atoms with Gasteiger partial charge in [-0.25, -0.2) is 0 Å². The predicted molar refractivity (Wildman–Crippen MR) is 62.3 cm³/mol. The molecule has 1 fully saturated rings. The smallest absolute Gasteiger partial charge is 0.0507 e. The van der Waals surface area contributed by atoms with Crippen molar-refractivity contribution in [3.05, 3.63) is 0 Å². The number of rotatable bonds is 3. The molecule has 0 radical (unpaired) electrons. The van der Waals surface area contributed by atoms with Gasteiger partial charge in [0.2, 0.25) is 0 Å². The molecule has 0 amide bonds. The summed E-state index contributed by atoms with van der Waals surface area (Å²) in [5.41, 5.74) is 0.408. The zero-order valence-corrected chi connectivity index (χ0v) is 10.7. The predicted octanol–water partition coefficient (Wildman–Crippen LogP) is 2.26. The molecule has 0 aromatic carbocycles. The molecule has 2 heteroatoms. The quantitative estimate of drug-likeness (QED) is 0.686. The van der Waals surface area contributed by atoms with Crippen molar-refractivity contribution in [2.24, 2.45) is 11.3 Å². The number of hydrogen-bond donors (Lipinski definition) is 0. The van der Waals surface area contributed by atoms with Gasteiger partial charge in [0.05, 0.1) is 6.67 Å². The van der Waals surface area contributed by atoms with Crippen LogP contribution in [0.25, 0.3) is 0 Å². The average Bonchev–Trinajstić information content (AvgIpc) is 2.50. The van der Waals surface area contributed by atoms with E-state index in [1.165, 1.54) is 13.1 Å². The lowest BCUT2D eigenvalue weighted by Crippen LogP contribution is -2.45. The molecule has 1 aliphatic heterocycles. The van der Waals surface area contributed by atoms with E-state index < -0.39 is 0 Å². The van der Waals surface area contributed by atoms with Crippen molar-refractivity contribution in [3.8, 4) is 0 Å². The van der Waals surface area contributed by atoms with Gasteiger partial charge in [0.1, 0.15) is 0 Å². The molecule has 0 bridgehead atoms. The van der Waals surface area contributed by atoms with Crippen molar-refractivity contribution < 1.29 is 0 Å². The van der Waals surface area contributed by atoms with Gasteiger partial charge in [-0.3, -0.25) is 9.80 Å². The Morgan fingerprint density at radius 2 is 1.64 bits per heavy atom.